The lowest BCUT2D eigenvalue weighted by Gasteiger charge is -2.64. The summed E-state index contributed by atoms with van der Waals surface area (Å²) in [7, 11) is 1.56. The Hall–Kier alpha value is -1.37. The molecule has 4 saturated carbocycles. The fraction of sp³-hybridized carbons (Fsp3) is 0.839. The summed E-state index contributed by atoms with van der Waals surface area (Å²) in [4.78, 5) is 11.7. The van der Waals surface area contributed by atoms with E-state index in [0.29, 0.717) is 38.5 Å². The molecule has 3 aliphatic heterocycles. The normalized spacial score (nSPS) is 58.7. The smallest absolute Gasteiger partial charge is 0.335 e. The van der Waals surface area contributed by atoms with Crippen LogP contribution in [0.5, 0.6) is 0 Å². The van der Waals surface area contributed by atoms with Crippen molar-refractivity contribution in [3.05, 3.63) is 34.4 Å². The monoisotopic (exact) mass is 574 g/mol. The summed E-state index contributed by atoms with van der Waals surface area (Å²) in [5.74, 6) is -1.26. The maximum absolute atomic E-state index is 12.8. The molecule has 3 N–H and O–H groups in total. The van der Waals surface area contributed by atoms with Gasteiger partial charge in [0.1, 0.15) is 11.2 Å². The summed E-state index contributed by atoms with van der Waals surface area (Å²) in [6.45, 7) is 6.19. The van der Waals surface area contributed by atoms with Crippen LogP contribution in [0.2, 0.25) is 0 Å². The zero-order chi connectivity index (χ0) is 28.7. The van der Waals surface area contributed by atoms with Crippen LogP contribution in [0.1, 0.15) is 77.2 Å². The lowest BCUT2D eigenvalue weighted by atomic mass is 9.42. The summed E-state index contributed by atoms with van der Waals surface area (Å²) in [5, 5.41) is 35.9. The first-order chi connectivity index (χ1) is 19.4. The van der Waals surface area contributed by atoms with Gasteiger partial charge in [-0.05, 0) is 74.3 Å². The van der Waals surface area contributed by atoms with Gasteiger partial charge in [0.05, 0.1) is 36.8 Å². The predicted octanol–water partition coefficient (Wildman–Crippen LogP) is 2.22. The molecule has 1 aromatic rings. The lowest BCUT2D eigenvalue weighted by Crippen LogP contribution is -2.72. The molecule has 15 atom stereocenters. The maximum Gasteiger partial charge on any atom is 0.335 e. The fourth-order valence-electron chi connectivity index (χ4n) is 10.9. The Morgan fingerprint density at radius 1 is 1.02 bits per heavy atom. The van der Waals surface area contributed by atoms with Gasteiger partial charge in [0.25, 0.3) is 0 Å². The number of fused-ring (bicyclic) bond motifs is 6. The number of ether oxygens (including phenoxy) is 5. The van der Waals surface area contributed by atoms with Crippen molar-refractivity contribution in [2.45, 2.75) is 132 Å². The zero-order valence-electron chi connectivity index (χ0n) is 24.2. The highest BCUT2D eigenvalue weighted by Crippen LogP contribution is 2.78. The van der Waals surface area contributed by atoms with Crippen LogP contribution >= 0.6 is 0 Å². The van der Waals surface area contributed by atoms with Crippen LogP contribution in [-0.4, -0.2) is 82.3 Å². The van der Waals surface area contributed by atoms with Crippen LogP contribution in [0, 0.1) is 22.7 Å². The van der Waals surface area contributed by atoms with E-state index in [-0.39, 0.29) is 47.6 Å². The highest BCUT2D eigenvalue weighted by molar-refractivity contribution is 5.38. The van der Waals surface area contributed by atoms with Gasteiger partial charge in [-0.25, -0.2) is 4.79 Å². The number of methoxy groups -OCH3 is 1. The third kappa shape index (κ3) is 3.18. The summed E-state index contributed by atoms with van der Waals surface area (Å²) >= 11 is 0. The van der Waals surface area contributed by atoms with E-state index in [1.165, 1.54) is 12.3 Å². The minimum Gasteiger partial charge on any atom is -0.431 e. The molecule has 10 heteroatoms. The maximum atomic E-state index is 12.8. The molecule has 0 amide bonds. The molecule has 1 aromatic heterocycles. The highest BCUT2D eigenvalue weighted by Gasteiger charge is 2.86. The molecule has 7 aliphatic rings. The molecule has 7 fully saturated rings. The molecule has 41 heavy (non-hydrogen) atoms. The lowest BCUT2D eigenvalue weighted by molar-refractivity contribution is -0.351. The molecule has 0 aromatic carbocycles. The van der Waals surface area contributed by atoms with Crippen molar-refractivity contribution in [3.8, 4) is 0 Å². The molecule has 8 rings (SSSR count). The van der Waals surface area contributed by atoms with Crippen LogP contribution in [0.4, 0.5) is 0 Å². The van der Waals surface area contributed by atoms with Crippen molar-refractivity contribution in [1.82, 2.24) is 0 Å². The highest BCUT2D eigenvalue weighted by atomic mass is 16.8. The van der Waals surface area contributed by atoms with Gasteiger partial charge in [-0.2, -0.15) is 0 Å². The molecule has 15 unspecified atom stereocenters. The third-order valence-corrected chi connectivity index (χ3v) is 13.1. The first-order valence-electron chi connectivity index (χ1n) is 15.3. The molecule has 4 aliphatic carbocycles. The van der Waals surface area contributed by atoms with Gasteiger partial charge in [-0.3, -0.25) is 0 Å². The average molecular weight is 575 g/mol. The summed E-state index contributed by atoms with van der Waals surface area (Å²) in [6, 6.07) is 3.17. The van der Waals surface area contributed by atoms with Crippen molar-refractivity contribution in [3.63, 3.8) is 0 Å². The van der Waals surface area contributed by atoms with Crippen molar-refractivity contribution in [2.75, 3.05) is 7.11 Å². The number of hydrogen-bond donors (Lipinski definition) is 3. The van der Waals surface area contributed by atoms with Crippen LogP contribution in [0.25, 0.3) is 0 Å². The molecule has 0 radical (unpaired) electrons. The Morgan fingerprint density at radius 2 is 1.83 bits per heavy atom. The second-order valence-electron chi connectivity index (χ2n) is 14.5. The number of rotatable bonds is 2. The van der Waals surface area contributed by atoms with E-state index in [9.17, 15) is 20.1 Å². The molecule has 2 bridgehead atoms. The Kier molecular flexibility index (Phi) is 5.58. The second-order valence-corrected chi connectivity index (χ2v) is 14.5. The minimum absolute atomic E-state index is 0.0925. The van der Waals surface area contributed by atoms with Crippen LogP contribution < -0.4 is 5.63 Å². The Bertz CT molecular complexity index is 1280. The fourth-order valence-corrected chi connectivity index (χ4v) is 10.9. The molecular weight excluding hydrogens is 532 g/mol. The van der Waals surface area contributed by atoms with Gasteiger partial charge in [0, 0.05) is 30.9 Å². The molecule has 4 heterocycles. The van der Waals surface area contributed by atoms with Gasteiger partial charge in [-0.1, -0.05) is 13.8 Å². The molecule has 226 valence electrons. The predicted molar refractivity (Wildman–Crippen MR) is 142 cm³/mol. The van der Waals surface area contributed by atoms with E-state index < -0.39 is 46.5 Å². The molecule has 10 nitrogen and oxygen atoms in total. The topological polar surface area (TPSA) is 140 Å². The Morgan fingerprint density at radius 3 is 2.56 bits per heavy atom. The van der Waals surface area contributed by atoms with Gasteiger partial charge in [-0.15, -0.1) is 0 Å². The first-order valence-corrected chi connectivity index (χ1v) is 15.3. The average Bonchev–Trinajstić information content (AvgIpc) is 3.59. The number of epoxide rings is 1. The molecular formula is C31H42O10. The van der Waals surface area contributed by atoms with E-state index in [1.54, 1.807) is 13.2 Å². The van der Waals surface area contributed by atoms with Crippen molar-refractivity contribution < 1.29 is 43.4 Å². The van der Waals surface area contributed by atoms with Crippen LogP contribution in [0.15, 0.2) is 27.6 Å². The van der Waals surface area contributed by atoms with Gasteiger partial charge >= 0.3 is 5.63 Å². The van der Waals surface area contributed by atoms with Crippen molar-refractivity contribution in [2.24, 2.45) is 22.7 Å². The van der Waals surface area contributed by atoms with Crippen LogP contribution in [-0.2, 0) is 23.7 Å². The van der Waals surface area contributed by atoms with E-state index in [0.717, 1.165) is 12.0 Å². The quantitative estimate of drug-likeness (QED) is 0.356. The SMILES string of the molecule is COC12CC(C)OC(OC3CC4CC5OC56C(CC(O)C5(C)C(c7ccc(=O)oc7)CCC56O)C4(C)CC3O1)C2O. The Balaban J connectivity index is 1.15. The van der Waals surface area contributed by atoms with Gasteiger partial charge < -0.3 is 43.4 Å². The molecule has 3 saturated heterocycles. The van der Waals surface area contributed by atoms with Crippen LogP contribution in [0.3, 0.4) is 0 Å². The molecule has 1 spiro atoms. The number of hydrogen-bond acceptors (Lipinski definition) is 10. The third-order valence-electron chi connectivity index (χ3n) is 13.1. The van der Waals surface area contributed by atoms with E-state index >= 15 is 0 Å². The largest absolute Gasteiger partial charge is 0.431 e. The van der Waals surface area contributed by atoms with E-state index in [1.807, 2.05) is 13.8 Å². The summed E-state index contributed by atoms with van der Waals surface area (Å²) in [6.07, 6.45) is 2.08. The summed E-state index contributed by atoms with van der Waals surface area (Å²) < 4.78 is 36.9. The Labute approximate surface area is 239 Å². The first kappa shape index (κ1) is 27.2. The number of aliphatic hydroxyl groups is 3. The minimum atomic E-state index is -1.25. The van der Waals surface area contributed by atoms with Gasteiger partial charge in [0.2, 0.25) is 5.79 Å². The number of aliphatic hydroxyl groups excluding tert-OH is 2. The van der Waals surface area contributed by atoms with Crippen molar-refractivity contribution in [1.29, 1.82) is 0 Å². The van der Waals surface area contributed by atoms with E-state index in [2.05, 4.69) is 6.92 Å². The standard InChI is InChI=1S/C31H42O10/c1-15-12-29(36-4)25(34)26(38-15)39-19-9-17-10-23-31(41-23)21(27(17,2)13-20(19)40-29)11-22(32)28(3)18(7-8-30(28,31)35)16-5-6-24(33)37-14-16/h5-6,14-15,17-23,25-26,32,34-35H,7-13H2,1-4H3. The van der Waals surface area contributed by atoms with Gasteiger partial charge in [0.15, 0.2) is 12.4 Å². The summed E-state index contributed by atoms with van der Waals surface area (Å²) in [5.41, 5.74) is -2.78. The van der Waals surface area contributed by atoms with E-state index in [4.69, 9.17) is 28.1 Å². The van der Waals surface area contributed by atoms with Crippen molar-refractivity contribution >= 4 is 0 Å². The zero-order valence-corrected chi connectivity index (χ0v) is 24.2. The second kappa shape index (κ2) is 8.41.